The Balaban J connectivity index is 1.56. The van der Waals surface area contributed by atoms with Gasteiger partial charge in [0, 0.05) is 32.3 Å². The standard InChI is InChI=1S/C22H22F2N4O/c1-26-17-9-6-13(10-18(17)27(2)22(26)29)11-28-12-25-20(14-7-8-14)21(28)19-15(23)4-3-5-16(19)24/h3-6,9-10,14,25H,7-8,11-12H2,1-2H3. The molecule has 0 spiro atoms. The van der Waals surface area contributed by atoms with E-state index < -0.39 is 11.6 Å². The Morgan fingerprint density at radius 2 is 1.72 bits per heavy atom. The van der Waals surface area contributed by atoms with Crippen LogP contribution in [-0.4, -0.2) is 20.7 Å². The van der Waals surface area contributed by atoms with E-state index in [0.717, 1.165) is 35.1 Å². The third-order valence-corrected chi connectivity index (χ3v) is 5.93. The van der Waals surface area contributed by atoms with E-state index in [9.17, 15) is 13.6 Å². The molecule has 1 aromatic heterocycles. The monoisotopic (exact) mass is 396 g/mol. The molecule has 0 atom stereocenters. The summed E-state index contributed by atoms with van der Waals surface area (Å²) in [5, 5.41) is 3.37. The number of fused-ring (bicyclic) bond motifs is 1. The number of rotatable bonds is 4. The summed E-state index contributed by atoms with van der Waals surface area (Å²) >= 11 is 0. The van der Waals surface area contributed by atoms with Crippen molar-refractivity contribution in [1.29, 1.82) is 0 Å². The van der Waals surface area contributed by atoms with Gasteiger partial charge in [0.2, 0.25) is 0 Å². The van der Waals surface area contributed by atoms with Crippen molar-refractivity contribution in [1.82, 2.24) is 19.4 Å². The molecule has 1 N–H and O–H groups in total. The number of nitrogens with one attached hydrogen (secondary N) is 1. The molecule has 2 heterocycles. The fourth-order valence-electron chi connectivity index (χ4n) is 4.25. The lowest BCUT2D eigenvalue weighted by molar-refractivity contribution is 0.397. The number of aromatic nitrogens is 2. The molecule has 2 aliphatic rings. The fourth-order valence-corrected chi connectivity index (χ4v) is 4.25. The van der Waals surface area contributed by atoms with Crippen LogP contribution in [0.1, 0.15) is 24.0 Å². The van der Waals surface area contributed by atoms with Crippen LogP contribution in [0.5, 0.6) is 0 Å². The number of hydrogen-bond donors (Lipinski definition) is 1. The first kappa shape index (κ1) is 18.0. The van der Waals surface area contributed by atoms with Gasteiger partial charge < -0.3 is 10.2 Å². The summed E-state index contributed by atoms with van der Waals surface area (Å²) < 4.78 is 32.4. The third kappa shape index (κ3) is 2.84. The topological polar surface area (TPSA) is 42.2 Å². The SMILES string of the molecule is Cn1c(=O)n(C)c2cc(CN3CNC(C4CC4)=C3c3c(F)cccc3F)ccc21. The normalized spacial score (nSPS) is 16.8. The lowest BCUT2D eigenvalue weighted by Crippen LogP contribution is -2.23. The average Bonchev–Trinajstić information content (AvgIpc) is 3.44. The summed E-state index contributed by atoms with van der Waals surface area (Å²) in [6.45, 7) is 0.992. The highest BCUT2D eigenvalue weighted by Crippen LogP contribution is 2.43. The molecule has 1 aliphatic carbocycles. The molecule has 3 aromatic rings. The zero-order valence-electron chi connectivity index (χ0n) is 16.4. The first-order valence-corrected chi connectivity index (χ1v) is 9.77. The molecule has 1 saturated carbocycles. The minimum Gasteiger partial charge on any atom is -0.369 e. The molecule has 1 aliphatic heterocycles. The van der Waals surface area contributed by atoms with E-state index in [4.69, 9.17) is 0 Å². The molecule has 0 radical (unpaired) electrons. The van der Waals surface area contributed by atoms with Gasteiger partial charge in [-0.1, -0.05) is 12.1 Å². The van der Waals surface area contributed by atoms with Gasteiger partial charge >= 0.3 is 5.69 Å². The van der Waals surface area contributed by atoms with Crippen molar-refractivity contribution in [2.75, 3.05) is 6.67 Å². The van der Waals surface area contributed by atoms with Gasteiger partial charge in [0.1, 0.15) is 11.6 Å². The molecule has 29 heavy (non-hydrogen) atoms. The molecule has 5 nitrogen and oxygen atoms in total. The maximum atomic E-state index is 14.6. The van der Waals surface area contributed by atoms with E-state index in [1.165, 1.54) is 18.2 Å². The Labute approximate surface area is 166 Å². The second kappa shape index (κ2) is 6.47. The van der Waals surface area contributed by atoms with Crippen molar-refractivity contribution in [3.8, 4) is 0 Å². The fraction of sp³-hybridized carbons (Fsp3) is 0.318. The zero-order chi connectivity index (χ0) is 20.3. The maximum absolute atomic E-state index is 14.6. The van der Waals surface area contributed by atoms with Gasteiger partial charge in [-0.3, -0.25) is 9.13 Å². The van der Waals surface area contributed by atoms with Crippen LogP contribution in [0.4, 0.5) is 8.78 Å². The van der Waals surface area contributed by atoms with Crippen molar-refractivity contribution in [3.63, 3.8) is 0 Å². The van der Waals surface area contributed by atoms with Crippen LogP contribution in [0, 0.1) is 17.6 Å². The van der Waals surface area contributed by atoms with E-state index >= 15 is 0 Å². The molecule has 5 rings (SSSR count). The Bertz CT molecular complexity index is 1200. The van der Waals surface area contributed by atoms with E-state index in [-0.39, 0.29) is 11.3 Å². The van der Waals surface area contributed by atoms with Crippen molar-refractivity contribution >= 4 is 16.7 Å². The highest BCUT2D eigenvalue weighted by atomic mass is 19.1. The average molecular weight is 396 g/mol. The molecular formula is C22H22F2N4O. The van der Waals surface area contributed by atoms with Gasteiger partial charge in [0.15, 0.2) is 0 Å². The van der Waals surface area contributed by atoms with E-state index in [0.29, 0.717) is 24.8 Å². The first-order chi connectivity index (χ1) is 14.0. The summed E-state index contributed by atoms with van der Waals surface area (Å²) in [5.41, 5.74) is 4.18. The molecular weight excluding hydrogens is 374 g/mol. The van der Waals surface area contributed by atoms with Crippen molar-refractivity contribution in [2.45, 2.75) is 19.4 Å². The lowest BCUT2D eigenvalue weighted by Gasteiger charge is -2.22. The smallest absolute Gasteiger partial charge is 0.328 e. The van der Waals surface area contributed by atoms with Crippen LogP contribution >= 0.6 is 0 Å². The number of nitrogens with zero attached hydrogens (tertiary/aromatic N) is 3. The van der Waals surface area contributed by atoms with Gasteiger partial charge in [-0.2, -0.15) is 0 Å². The molecule has 1 fully saturated rings. The molecule has 7 heteroatoms. The predicted molar refractivity (Wildman–Crippen MR) is 108 cm³/mol. The quantitative estimate of drug-likeness (QED) is 0.736. The summed E-state index contributed by atoms with van der Waals surface area (Å²) in [6, 6.07) is 9.86. The summed E-state index contributed by atoms with van der Waals surface area (Å²) in [4.78, 5) is 14.2. The summed E-state index contributed by atoms with van der Waals surface area (Å²) in [5.74, 6) is -0.757. The molecule has 150 valence electrons. The van der Waals surface area contributed by atoms with Crippen LogP contribution in [0.25, 0.3) is 16.7 Å². The Hall–Kier alpha value is -3.09. The van der Waals surface area contributed by atoms with Crippen molar-refractivity contribution < 1.29 is 8.78 Å². The van der Waals surface area contributed by atoms with Crippen LogP contribution in [0.15, 0.2) is 46.9 Å². The molecule has 0 unspecified atom stereocenters. The number of benzene rings is 2. The van der Waals surface area contributed by atoms with E-state index in [1.807, 2.05) is 23.1 Å². The van der Waals surface area contributed by atoms with Gasteiger partial charge in [0.05, 0.1) is 29.0 Å². The summed E-state index contributed by atoms with van der Waals surface area (Å²) in [7, 11) is 3.50. The van der Waals surface area contributed by atoms with Gasteiger partial charge in [0.25, 0.3) is 0 Å². The third-order valence-electron chi connectivity index (χ3n) is 5.93. The first-order valence-electron chi connectivity index (χ1n) is 9.77. The maximum Gasteiger partial charge on any atom is 0.328 e. The highest BCUT2D eigenvalue weighted by Gasteiger charge is 2.36. The van der Waals surface area contributed by atoms with Crippen molar-refractivity contribution in [2.24, 2.45) is 20.0 Å². The minimum atomic E-state index is -0.548. The Kier molecular flexibility index (Phi) is 4.01. The minimum absolute atomic E-state index is 0.0348. The number of hydrogen-bond acceptors (Lipinski definition) is 3. The highest BCUT2D eigenvalue weighted by molar-refractivity contribution is 5.77. The molecule has 0 amide bonds. The van der Waals surface area contributed by atoms with Crippen LogP contribution in [-0.2, 0) is 20.6 Å². The number of halogens is 2. The molecule has 0 saturated heterocycles. The van der Waals surface area contributed by atoms with Crippen molar-refractivity contribution in [3.05, 3.63) is 75.3 Å². The lowest BCUT2D eigenvalue weighted by atomic mass is 10.1. The Morgan fingerprint density at radius 1 is 1.03 bits per heavy atom. The van der Waals surface area contributed by atoms with Gasteiger partial charge in [-0.05, 0) is 42.7 Å². The largest absolute Gasteiger partial charge is 0.369 e. The van der Waals surface area contributed by atoms with E-state index in [2.05, 4.69) is 5.32 Å². The van der Waals surface area contributed by atoms with E-state index in [1.54, 1.807) is 23.2 Å². The van der Waals surface area contributed by atoms with Gasteiger partial charge in [-0.15, -0.1) is 0 Å². The van der Waals surface area contributed by atoms with Crippen LogP contribution in [0.2, 0.25) is 0 Å². The Morgan fingerprint density at radius 3 is 2.41 bits per heavy atom. The number of allylic oxidation sites excluding steroid dienone is 1. The van der Waals surface area contributed by atoms with Gasteiger partial charge in [-0.25, -0.2) is 13.6 Å². The second-order valence-electron chi connectivity index (χ2n) is 7.89. The molecule has 2 aromatic carbocycles. The van der Waals surface area contributed by atoms with Crippen LogP contribution < -0.4 is 11.0 Å². The van der Waals surface area contributed by atoms with Crippen LogP contribution in [0.3, 0.4) is 0 Å². The zero-order valence-corrected chi connectivity index (χ0v) is 16.4. The second-order valence-corrected chi connectivity index (χ2v) is 7.89. The number of aryl methyl sites for hydroxylation is 2. The summed E-state index contributed by atoms with van der Waals surface area (Å²) in [6.07, 6.45) is 2.07. The predicted octanol–water partition coefficient (Wildman–Crippen LogP) is 3.30. The molecule has 0 bridgehead atoms. The number of imidazole rings is 1.